The van der Waals surface area contributed by atoms with E-state index in [0.29, 0.717) is 17.7 Å². The topological polar surface area (TPSA) is 57.3 Å². The van der Waals surface area contributed by atoms with Crippen LogP contribution in [0, 0.1) is 0 Å². The molecule has 0 radical (unpaired) electrons. The Hall–Kier alpha value is -1.14. The predicted molar refractivity (Wildman–Crippen MR) is 62.3 cm³/mol. The van der Waals surface area contributed by atoms with Crippen LogP contribution in [0.5, 0.6) is 0 Å². The van der Waals surface area contributed by atoms with E-state index in [0.717, 1.165) is 0 Å². The summed E-state index contributed by atoms with van der Waals surface area (Å²) in [5.41, 5.74) is 0. The first-order valence-corrected chi connectivity index (χ1v) is 5.58. The summed E-state index contributed by atoms with van der Waals surface area (Å²) in [7, 11) is 3.95. The smallest absolute Gasteiger partial charge is 0.321 e. The first-order chi connectivity index (χ1) is 7.09. The number of amides is 2. The Kier molecular flexibility index (Phi) is 4.51. The molecular weight excluding hydrogens is 212 g/mol. The lowest BCUT2D eigenvalue weighted by atomic mass is 10.3. The fourth-order valence-electron chi connectivity index (χ4n) is 0.849. The maximum Gasteiger partial charge on any atom is 0.321 e. The number of rotatable bonds is 4. The summed E-state index contributed by atoms with van der Waals surface area (Å²) in [6, 6.07) is 0.102. The molecule has 0 saturated carbocycles. The number of urea groups is 1. The van der Waals surface area contributed by atoms with Gasteiger partial charge in [0.05, 0.1) is 0 Å². The van der Waals surface area contributed by atoms with Crippen LogP contribution in [-0.2, 0) is 0 Å². The van der Waals surface area contributed by atoms with Crippen molar-refractivity contribution in [2.45, 2.75) is 13.0 Å². The third kappa shape index (κ3) is 4.26. The summed E-state index contributed by atoms with van der Waals surface area (Å²) >= 11 is 1.40. The summed E-state index contributed by atoms with van der Waals surface area (Å²) in [4.78, 5) is 17.4. The van der Waals surface area contributed by atoms with Gasteiger partial charge in [-0.25, -0.2) is 9.78 Å². The minimum atomic E-state index is -0.210. The Bertz CT molecular complexity index is 299. The molecule has 5 nitrogen and oxygen atoms in total. The van der Waals surface area contributed by atoms with Crippen molar-refractivity contribution >= 4 is 22.5 Å². The second kappa shape index (κ2) is 5.67. The molecule has 1 unspecified atom stereocenters. The zero-order chi connectivity index (χ0) is 11.3. The van der Waals surface area contributed by atoms with E-state index in [1.54, 1.807) is 6.20 Å². The minimum absolute atomic E-state index is 0.210. The summed E-state index contributed by atoms with van der Waals surface area (Å²) < 4.78 is 0. The highest BCUT2D eigenvalue weighted by atomic mass is 32.1. The van der Waals surface area contributed by atoms with Gasteiger partial charge in [0.15, 0.2) is 5.13 Å². The zero-order valence-electron chi connectivity index (χ0n) is 9.15. The molecule has 15 heavy (non-hydrogen) atoms. The Morgan fingerprint density at radius 3 is 2.93 bits per heavy atom. The SMILES string of the molecule is CC(CNC(=O)Nc1nccs1)N(C)C. The van der Waals surface area contributed by atoms with Crippen LogP contribution < -0.4 is 10.6 Å². The van der Waals surface area contributed by atoms with Crippen molar-refractivity contribution in [2.75, 3.05) is 26.0 Å². The Morgan fingerprint density at radius 2 is 2.40 bits per heavy atom. The molecule has 1 aromatic rings. The number of carbonyl (C=O) groups is 1. The molecule has 0 bridgehead atoms. The summed E-state index contributed by atoms with van der Waals surface area (Å²) in [5.74, 6) is 0. The average Bonchev–Trinajstić information content (AvgIpc) is 2.66. The van der Waals surface area contributed by atoms with Crippen LogP contribution in [0.1, 0.15) is 6.92 Å². The number of aromatic nitrogens is 1. The van der Waals surface area contributed by atoms with Crippen molar-refractivity contribution in [1.29, 1.82) is 0 Å². The van der Waals surface area contributed by atoms with Gasteiger partial charge in [-0.3, -0.25) is 5.32 Å². The second-order valence-electron chi connectivity index (χ2n) is 3.48. The standard InChI is InChI=1S/C9H16N4OS/c1-7(13(2)3)6-11-8(14)12-9-10-4-5-15-9/h4-5,7H,6H2,1-3H3,(H2,10,11,12,14). The van der Waals surface area contributed by atoms with Gasteiger partial charge in [-0.2, -0.15) is 0 Å². The highest BCUT2D eigenvalue weighted by molar-refractivity contribution is 7.13. The third-order valence-corrected chi connectivity index (χ3v) is 2.78. The van der Waals surface area contributed by atoms with Crippen LogP contribution in [0.4, 0.5) is 9.93 Å². The van der Waals surface area contributed by atoms with E-state index in [-0.39, 0.29) is 6.03 Å². The van der Waals surface area contributed by atoms with E-state index in [1.165, 1.54) is 11.3 Å². The lowest BCUT2D eigenvalue weighted by Crippen LogP contribution is -2.40. The number of anilines is 1. The molecule has 1 heterocycles. The lowest BCUT2D eigenvalue weighted by Gasteiger charge is -2.19. The number of nitrogens with one attached hydrogen (secondary N) is 2. The number of hydrogen-bond donors (Lipinski definition) is 2. The van der Waals surface area contributed by atoms with Gasteiger partial charge in [0.25, 0.3) is 0 Å². The van der Waals surface area contributed by atoms with Gasteiger partial charge in [-0.05, 0) is 21.0 Å². The van der Waals surface area contributed by atoms with Crippen molar-refractivity contribution in [1.82, 2.24) is 15.2 Å². The monoisotopic (exact) mass is 228 g/mol. The average molecular weight is 228 g/mol. The van der Waals surface area contributed by atoms with Gasteiger partial charge < -0.3 is 10.2 Å². The van der Waals surface area contributed by atoms with Crippen LogP contribution in [0.15, 0.2) is 11.6 Å². The minimum Gasteiger partial charge on any atom is -0.336 e. The maximum atomic E-state index is 11.4. The number of thiazole rings is 1. The normalized spacial score (nSPS) is 12.5. The van der Waals surface area contributed by atoms with E-state index in [4.69, 9.17) is 0 Å². The van der Waals surface area contributed by atoms with Crippen LogP contribution in [0.3, 0.4) is 0 Å². The van der Waals surface area contributed by atoms with E-state index in [2.05, 4.69) is 15.6 Å². The Balaban J connectivity index is 2.25. The number of likely N-dealkylation sites (N-methyl/N-ethyl adjacent to an activating group) is 1. The Morgan fingerprint density at radius 1 is 1.67 bits per heavy atom. The van der Waals surface area contributed by atoms with Gasteiger partial charge in [0, 0.05) is 24.2 Å². The molecule has 2 amide bonds. The van der Waals surface area contributed by atoms with Gasteiger partial charge in [-0.1, -0.05) is 0 Å². The Labute approximate surface area is 93.5 Å². The molecule has 0 spiro atoms. The van der Waals surface area contributed by atoms with Crippen molar-refractivity contribution in [3.63, 3.8) is 0 Å². The number of carbonyl (C=O) groups excluding carboxylic acids is 1. The molecule has 2 N–H and O–H groups in total. The number of nitrogens with zero attached hydrogens (tertiary/aromatic N) is 2. The van der Waals surface area contributed by atoms with E-state index >= 15 is 0 Å². The fourth-order valence-corrected chi connectivity index (χ4v) is 1.37. The zero-order valence-corrected chi connectivity index (χ0v) is 9.97. The fraction of sp³-hybridized carbons (Fsp3) is 0.556. The molecule has 1 aromatic heterocycles. The van der Waals surface area contributed by atoms with Gasteiger partial charge in [-0.15, -0.1) is 11.3 Å². The van der Waals surface area contributed by atoms with E-state index in [9.17, 15) is 4.79 Å². The van der Waals surface area contributed by atoms with Crippen LogP contribution in [-0.4, -0.2) is 42.6 Å². The molecule has 1 rings (SSSR count). The number of hydrogen-bond acceptors (Lipinski definition) is 4. The molecular formula is C9H16N4OS. The third-order valence-electron chi connectivity index (χ3n) is 2.09. The molecule has 6 heteroatoms. The summed E-state index contributed by atoms with van der Waals surface area (Å²) in [5, 5.41) is 7.87. The molecule has 84 valence electrons. The quantitative estimate of drug-likeness (QED) is 0.814. The maximum absolute atomic E-state index is 11.4. The largest absolute Gasteiger partial charge is 0.336 e. The molecule has 0 aliphatic heterocycles. The summed E-state index contributed by atoms with van der Waals surface area (Å²) in [6.07, 6.45) is 1.66. The van der Waals surface area contributed by atoms with Crippen LogP contribution >= 0.6 is 11.3 Å². The molecule has 0 aromatic carbocycles. The molecule has 0 aliphatic rings. The molecule has 1 atom stereocenters. The van der Waals surface area contributed by atoms with Gasteiger partial charge in [0.1, 0.15) is 0 Å². The van der Waals surface area contributed by atoms with Crippen molar-refractivity contribution < 1.29 is 4.79 Å². The first-order valence-electron chi connectivity index (χ1n) is 4.70. The van der Waals surface area contributed by atoms with Gasteiger partial charge in [0.2, 0.25) is 0 Å². The highest BCUT2D eigenvalue weighted by Crippen LogP contribution is 2.09. The molecule has 0 saturated heterocycles. The van der Waals surface area contributed by atoms with E-state index in [1.807, 2.05) is 31.3 Å². The van der Waals surface area contributed by atoms with Gasteiger partial charge >= 0.3 is 6.03 Å². The molecule has 0 aliphatic carbocycles. The van der Waals surface area contributed by atoms with Crippen molar-refractivity contribution in [2.24, 2.45) is 0 Å². The van der Waals surface area contributed by atoms with Crippen molar-refractivity contribution in [3.05, 3.63) is 11.6 Å². The highest BCUT2D eigenvalue weighted by Gasteiger charge is 2.07. The second-order valence-corrected chi connectivity index (χ2v) is 4.38. The lowest BCUT2D eigenvalue weighted by molar-refractivity contribution is 0.245. The first kappa shape index (κ1) is 11.9. The van der Waals surface area contributed by atoms with E-state index < -0.39 is 0 Å². The van der Waals surface area contributed by atoms with Crippen LogP contribution in [0.25, 0.3) is 0 Å². The van der Waals surface area contributed by atoms with Crippen molar-refractivity contribution in [3.8, 4) is 0 Å². The molecule has 0 fully saturated rings. The van der Waals surface area contributed by atoms with Crippen LogP contribution in [0.2, 0.25) is 0 Å². The predicted octanol–water partition coefficient (Wildman–Crippen LogP) is 1.21. The summed E-state index contributed by atoms with van der Waals surface area (Å²) in [6.45, 7) is 2.66.